The first-order valence-electron chi connectivity index (χ1n) is 4.87. The van der Waals surface area contributed by atoms with Crippen LogP contribution in [0.3, 0.4) is 0 Å². The molecular weight excluding hydrogens is 200 g/mol. The van der Waals surface area contributed by atoms with Crippen LogP contribution in [-0.2, 0) is 6.42 Å². The number of hydrogen-bond donors (Lipinski definition) is 1. The van der Waals surface area contributed by atoms with Gasteiger partial charge < -0.3 is 10.0 Å². The molecule has 0 unspecified atom stereocenters. The average Bonchev–Trinajstić information content (AvgIpc) is 2.21. The summed E-state index contributed by atoms with van der Waals surface area (Å²) in [6.45, 7) is 1.21. The number of rotatable bonds is 5. The Balaban J connectivity index is 2.54. The SMILES string of the molecule is CN(CCO)CCc1cccc(F)c1F. The van der Waals surface area contributed by atoms with Crippen LogP contribution in [0.15, 0.2) is 18.2 Å². The van der Waals surface area contributed by atoms with Crippen LogP contribution in [0, 0.1) is 11.6 Å². The summed E-state index contributed by atoms with van der Waals surface area (Å²) in [6.07, 6.45) is 0.445. The van der Waals surface area contributed by atoms with Crippen molar-refractivity contribution in [2.75, 3.05) is 26.7 Å². The molecule has 15 heavy (non-hydrogen) atoms. The van der Waals surface area contributed by atoms with Crippen molar-refractivity contribution in [1.82, 2.24) is 4.90 Å². The Morgan fingerprint density at radius 2 is 2.00 bits per heavy atom. The van der Waals surface area contributed by atoms with Gasteiger partial charge >= 0.3 is 0 Å². The van der Waals surface area contributed by atoms with Crippen molar-refractivity contribution in [2.24, 2.45) is 0 Å². The second-order valence-corrected chi connectivity index (χ2v) is 3.49. The predicted octanol–water partition coefficient (Wildman–Crippen LogP) is 1.43. The van der Waals surface area contributed by atoms with Gasteiger partial charge in [0.1, 0.15) is 0 Å². The Bertz CT molecular complexity index is 317. The number of aliphatic hydroxyl groups is 1. The van der Waals surface area contributed by atoms with Gasteiger partial charge in [0.25, 0.3) is 0 Å². The average molecular weight is 215 g/mol. The van der Waals surface area contributed by atoms with Crippen LogP contribution in [0.25, 0.3) is 0 Å². The zero-order chi connectivity index (χ0) is 11.3. The predicted molar refractivity (Wildman–Crippen MR) is 54.6 cm³/mol. The van der Waals surface area contributed by atoms with Crippen LogP contribution in [0.5, 0.6) is 0 Å². The summed E-state index contributed by atoms with van der Waals surface area (Å²) < 4.78 is 26.0. The van der Waals surface area contributed by atoms with Gasteiger partial charge in [-0.2, -0.15) is 0 Å². The fraction of sp³-hybridized carbons (Fsp3) is 0.455. The van der Waals surface area contributed by atoms with Gasteiger partial charge in [-0.25, -0.2) is 8.78 Å². The lowest BCUT2D eigenvalue weighted by Gasteiger charge is -2.14. The van der Waals surface area contributed by atoms with Gasteiger partial charge in [-0.1, -0.05) is 12.1 Å². The van der Waals surface area contributed by atoms with Gasteiger partial charge in [0.2, 0.25) is 0 Å². The molecule has 0 aliphatic rings. The van der Waals surface area contributed by atoms with Crippen LogP contribution in [0.4, 0.5) is 8.78 Å². The van der Waals surface area contributed by atoms with E-state index in [-0.39, 0.29) is 6.61 Å². The molecule has 1 aromatic rings. The molecule has 1 rings (SSSR count). The summed E-state index contributed by atoms with van der Waals surface area (Å²) in [7, 11) is 1.83. The number of nitrogens with zero attached hydrogens (tertiary/aromatic N) is 1. The monoisotopic (exact) mass is 215 g/mol. The summed E-state index contributed by atoms with van der Waals surface area (Å²) in [4.78, 5) is 1.87. The molecule has 0 spiro atoms. The Morgan fingerprint density at radius 1 is 1.27 bits per heavy atom. The third-order valence-electron chi connectivity index (χ3n) is 2.28. The zero-order valence-electron chi connectivity index (χ0n) is 8.71. The smallest absolute Gasteiger partial charge is 0.162 e. The highest BCUT2D eigenvalue weighted by Crippen LogP contribution is 2.11. The fourth-order valence-electron chi connectivity index (χ4n) is 1.34. The first-order valence-corrected chi connectivity index (χ1v) is 4.87. The van der Waals surface area contributed by atoms with Crippen LogP contribution < -0.4 is 0 Å². The fourth-order valence-corrected chi connectivity index (χ4v) is 1.34. The van der Waals surface area contributed by atoms with Crippen molar-refractivity contribution >= 4 is 0 Å². The van der Waals surface area contributed by atoms with Gasteiger partial charge in [0.15, 0.2) is 11.6 Å². The van der Waals surface area contributed by atoms with Gasteiger partial charge in [0.05, 0.1) is 6.61 Å². The van der Waals surface area contributed by atoms with Crippen molar-refractivity contribution in [3.05, 3.63) is 35.4 Å². The maximum Gasteiger partial charge on any atom is 0.162 e. The molecule has 4 heteroatoms. The van der Waals surface area contributed by atoms with Gasteiger partial charge in [-0.3, -0.25) is 0 Å². The van der Waals surface area contributed by atoms with Crippen LogP contribution in [0.1, 0.15) is 5.56 Å². The lowest BCUT2D eigenvalue weighted by atomic mass is 10.1. The molecule has 2 nitrogen and oxygen atoms in total. The molecule has 0 aliphatic carbocycles. The summed E-state index contributed by atoms with van der Waals surface area (Å²) in [5, 5.41) is 8.66. The second-order valence-electron chi connectivity index (χ2n) is 3.49. The van der Waals surface area contributed by atoms with E-state index in [1.54, 1.807) is 6.07 Å². The molecule has 0 amide bonds. The third kappa shape index (κ3) is 3.57. The minimum Gasteiger partial charge on any atom is -0.395 e. The molecule has 0 aliphatic heterocycles. The number of halogens is 2. The lowest BCUT2D eigenvalue weighted by Crippen LogP contribution is -2.24. The molecule has 84 valence electrons. The zero-order valence-corrected chi connectivity index (χ0v) is 8.71. The first-order chi connectivity index (χ1) is 7.15. The Hall–Kier alpha value is -1.00. The summed E-state index contributed by atoms with van der Waals surface area (Å²) >= 11 is 0. The van der Waals surface area contributed by atoms with Crippen molar-refractivity contribution in [1.29, 1.82) is 0 Å². The molecule has 0 bridgehead atoms. The first kappa shape index (κ1) is 12.1. The van der Waals surface area contributed by atoms with Crippen molar-refractivity contribution in [2.45, 2.75) is 6.42 Å². The minimum atomic E-state index is -0.808. The van der Waals surface area contributed by atoms with E-state index in [0.717, 1.165) is 6.07 Å². The molecule has 0 heterocycles. The second kappa shape index (κ2) is 5.78. The maximum absolute atomic E-state index is 13.2. The van der Waals surface area contributed by atoms with Gasteiger partial charge in [0, 0.05) is 13.1 Å². The molecule has 0 fully saturated rings. The lowest BCUT2D eigenvalue weighted by molar-refractivity contribution is 0.222. The van der Waals surface area contributed by atoms with E-state index in [1.165, 1.54) is 6.07 Å². The number of hydrogen-bond acceptors (Lipinski definition) is 2. The van der Waals surface area contributed by atoms with E-state index in [0.29, 0.717) is 25.1 Å². The summed E-state index contributed by atoms with van der Waals surface area (Å²) in [5.41, 5.74) is 0.375. The highest BCUT2D eigenvalue weighted by atomic mass is 19.2. The van der Waals surface area contributed by atoms with Crippen molar-refractivity contribution in [3.8, 4) is 0 Å². The summed E-state index contributed by atoms with van der Waals surface area (Å²) in [5.74, 6) is -1.58. The third-order valence-corrected chi connectivity index (χ3v) is 2.28. The van der Waals surface area contributed by atoms with E-state index in [2.05, 4.69) is 0 Å². The topological polar surface area (TPSA) is 23.5 Å². The molecule has 0 radical (unpaired) electrons. The van der Waals surface area contributed by atoms with Crippen LogP contribution >= 0.6 is 0 Å². The van der Waals surface area contributed by atoms with Crippen LogP contribution in [0.2, 0.25) is 0 Å². The normalized spacial score (nSPS) is 11.0. The number of likely N-dealkylation sites (N-methyl/N-ethyl adjacent to an activating group) is 1. The number of benzene rings is 1. The highest BCUT2D eigenvalue weighted by molar-refractivity contribution is 5.19. The maximum atomic E-state index is 13.2. The standard InChI is InChI=1S/C11H15F2NO/c1-14(7-8-15)6-5-9-3-2-4-10(12)11(9)13/h2-4,15H,5-8H2,1H3. The molecule has 0 aromatic heterocycles. The highest BCUT2D eigenvalue weighted by Gasteiger charge is 2.07. The minimum absolute atomic E-state index is 0.0716. The van der Waals surface area contributed by atoms with Crippen molar-refractivity contribution < 1.29 is 13.9 Å². The van der Waals surface area contributed by atoms with Crippen LogP contribution in [-0.4, -0.2) is 36.8 Å². The Kier molecular flexibility index (Phi) is 4.65. The van der Waals surface area contributed by atoms with E-state index in [4.69, 9.17) is 5.11 Å². The molecular formula is C11H15F2NO. The van der Waals surface area contributed by atoms with Crippen molar-refractivity contribution in [3.63, 3.8) is 0 Å². The number of aliphatic hydroxyl groups excluding tert-OH is 1. The van der Waals surface area contributed by atoms with E-state index >= 15 is 0 Å². The molecule has 1 N–H and O–H groups in total. The Morgan fingerprint density at radius 3 is 2.67 bits per heavy atom. The molecule has 0 atom stereocenters. The van der Waals surface area contributed by atoms with E-state index < -0.39 is 11.6 Å². The Labute approximate surface area is 88.1 Å². The molecule has 0 saturated heterocycles. The quantitative estimate of drug-likeness (QED) is 0.803. The molecule has 0 saturated carbocycles. The largest absolute Gasteiger partial charge is 0.395 e. The van der Waals surface area contributed by atoms with Gasteiger partial charge in [-0.05, 0) is 25.1 Å². The summed E-state index contributed by atoms with van der Waals surface area (Å²) in [6, 6.07) is 4.18. The molecule has 1 aromatic carbocycles. The van der Waals surface area contributed by atoms with Gasteiger partial charge in [-0.15, -0.1) is 0 Å². The van der Waals surface area contributed by atoms with E-state index in [1.807, 2.05) is 11.9 Å². The van der Waals surface area contributed by atoms with E-state index in [9.17, 15) is 8.78 Å².